The van der Waals surface area contributed by atoms with E-state index in [9.17, 15) is 0 Å². The zero-order chi connectivity index (χ0) is 11.3. The topological polar surface area (TPSA) is 27.6 Å². The van der Waals surface area contributed by atoms with Crippen LogP contribution in [0.3, 0.4) is 0 Å². The first-order chi connectivity index (χ1) is 7.26. The Hall–Kier alpha value is 0. The van der Waals surface area contributed by atoms with Crippen molar-refractivity contribution in [1.29, 1.82) is 0 Å². The van der Waals surface area contributed by atoms with Crippen LogP contribution in [0.5, 0.6) is 0 Å². The molecule has 16 heavy (non-hydrogen) atoms. The average Bonchev–Trinajstić information content (AvgIpc) is 2.71. The highest BCUT2D eigenvalue weighted by Crippen LogP contribution is 2.28. The summed E-state index contributed by atoms with van der Waals surface area (Å²) in [5, 5.41) is 3.17. The smallest absolute Gasteiger partial charge is 0.193 e. The maximum atomic E-state index is 4.27. The lowest BCUT2D eigenvalue weighted by Crippen LogP contribution is -2.38. The molecular formula is C12H26IN3. The molecule has 0 saturated carbocycles. The summed E-state index contributed by atoms with van der Waals surface area (Å²) in [4.78, 5) is 6.64. The van der Waals surface area contributed by atoms with Crippen LogP contribution in [0.15, 0.2) is 4.99 Å². The molecule has 0 radical (unpaired) electrons. The third-order valence-electron chi connectivity index (χ3n) is 3.68. The molecule has 1 saturated heterocycles. The highest BCUT2D eigenvalue weighted by atomic mass is 127. The van der Waals surface area contributed by atoms with E-state index in [1.165, 1.54) is 25.8 Å². The van der Waals surface area contributed by atoms with Crippen LogP contribution in [0.2, 0.25) is 0 Å². The van der Waals surface area contributed by atoms with Crippen molar-refractivity contribution in [1.82, 2.24) is 10.2 Å². The van der Waals surface area contributed by atoms with Gasteiger partial charge in [-0.15, -0.1) is 24.0 Å². The Bertz CT molecular complexity index is 214. The molecule has 1 fully saturated rings. The van der Waals surface area contributed by atoms with E-state index in [2.05, 4.69) is 29.1 Å². The van der Waals surface area contributed by atoms with E-state index in [-0.39, 0.29) is 24.0 Å². The quantitative estimate of drug-likeness (QED) is 0.486. The van der Waals surface area contributed by atoms with Gasteiger partial charge in [-0.2, -0.15) is 0 Å². The maximum absolute atomic E-state index is 4.27. The number of rotatable bonds is 3. The van der Waals surface area contributed by atoms with Gasteiger partial charge in [-0.05, 0) is 18.3 Å². The van der Waals surface area contributed by atoms with Crippen LogP contribution in [0.1, 0.15) is 33.1 Å². The third-order valence-corrected chi connectivity index (χ3v) is 3.68. The second-order valence-corrected chi connectivity index (χ2v) is 4.37. The average molecular weight is 339 g/mol. The van der Waals surface area contributed by atoms with Gasteiger partial charge >= 0.3 is 0 Å². The van der Waals surface area contributed by atoms with Crippen molar-refractivity contribution in [3.63, 3.8) is 0 Å². The Balaban J connectivity index is 0.00000225. The van der Waals surface area contributed by atoms with Crippen LogP contribution in [0, 0.1) is 11.8 Å². The second kappa shape index (κ2) is 8.14. The standard InChI is InChI=1S/C12H25N3.HI/c1-5-10(6-2)11-7-8-15(9-11)12(13-3)14-4;/h10-11H,5-9H2,1-4H3,(H,13,14);1H. The van der Waals surface area contributed by atoms with E-state index in [4.69, 9.17) is 0 Å². The largest absolute Gasteiger partial charge is 0.359 e. The molecule has 0 aromatic carbocycles. The molecule has 1 heterocycles. The molecule has 96 valence electrons. The molecule has 1 atom stereocenters. The molecule has 3 nitrogen and oxygen atoms in total. The number of nitrogens with one attached hydrogen (secondary N) is 1. The van der Waals surface area contributed by atoms with Crippen molar-refractivity contribution >= 4 is 29.9 Å². The van der Waals surface area contributed by atoms with E-state index in [0.717, 1.165) is 24.3 Å². The van der Waals surface area contributed by atoms with Gasteiger partial charge in [0.15, 0.2) is 5.96 Å². The Labute approximate surface area is 117 Å². The number of hydrogen-bond acceptors (Lipinski definition) is 1. The van der Waals surface area contributed by atoms with Crippen molar-refractivity contribution in [2.24, 2.45) is 16.8 Å². The lowest BCUT2D eigenvalue weighted by atomic mass is 9.87. The fourth-order valence-corrected chi connectivity index (χ4v) is 2.73. The van der Waals surface area contributed by atoms with Crippen molar-refractivity contribution in [3.05, 3.63) is 0 Å². The minimum atomic E-state index is 0. The van der Waals surface area contributed by atoms with E-state index in [1.807, 2.05) is 14.1 Å². The maximum Gasteiger partial charge on any atom is 0.193 e. The molecule has 1 aliphatic rings. The molecule has 1 aliphatic heterocycles. The van der Waals surface area contributed by atoms with E-state index >= 15 is 0 Å². The lowest BCUT2D eigenvalue weighted by Gasteiger charge is -2.23. The summed E-state index contributed by atoms with van der Waals surface area (Å²) in [6.45, 7) is 6.96. The summed E-state index contributed by atoms with van der Waals surface area (Å²) in [5.41, 5.74) is 0. The second-order valence-electron chi connectivity index (χ2n) is 4.37. The summed E-state index contributed by atoms with van der Waals surface area (Å²) in [5.74, 6) is 2.80. The van der Waals surface area contributed by atoms with Gasteiger partial charge in [-0.1, -0.05) is 26.7 Å². The summed E-state index contributed by atoms with van der Waals surface area (Å²) in [7, 11) is 3.81. The summed E-state index contributed by atoms with van der Waals surface area (Å²) in [6, 6.07) is 0. The van der Waals surface area contributed by atoms with Gasteiger partial charge in [-0.3, -0.25) is 4.99 Å². The monoisotopic (exact) mass is 339 g/mol. The van der Waals surface area contributed by atoms with Crippen LogP contribution >= 0.6 is 24.0 Å². The minimum Gasteiger partial charge on any atom is -0.359 e. The number of likely N-dealkylation sites (tertiary alicyclic amines) is 1. The van der Waals surface area contributed by atoms with Crippen molar-refractivity contribution in [2.45, 2.75) is 33.1 Å². The highest BCUT2D eigenvalue weighted by Gasteiger charge is 2.28. The Morgan fingerprint density at radius 1 is 1.44 bits per heavy atom. The lowest BCUT2D eigenvalue weighted by molar-refractivity contribution is 0.319. The number of hydrogen-bond donors (Lipinski definition) is 1. The predicted octanol–water partition coefficient (Wildman–Crippen LogP) is 2.57. The SMILES string of the molecule is CCC(CC)C1CCN(C(=NC)NC)C1.I. The Kier molecular flexibility index (Phi) is 8.14. The first-order valence-electron chi connectivity index (χ1n) is 6.16. The molecule has 1 N–H and O–H groups in total. The Morgan fingerprint density at radius 3 is 2.50 bits per heavy atom. The predicted molar refractivity (Wildman–Crippen MR) is 81.6 cm³/mol. The van der Waals surface area contributed by atoms with Crippen molar-refractivity contribution < 1.29 is 0 Å². The van der Waals surface area contributed by atoms with Crippen molar-refractivity contribution in [3.8, 4) is 0 Å². The number of aliphatic imine (C=N–C) groups is 1. The highest BCUT2D eigenvalue weighted by molar-refractivity contribution is 14.0. The van der Waals surface area contributed by atoms with Crippen LogP contribution in [0.25, 0.3) is 0 Å². The van der Waals surface area contributed by atoms with E-state index in [0.29, 0.717) is 0 Å². The van der Waals surface area contributed by atoms with Crippen LogP contribution < -0.4 is 5.32 Å². The summed E-state index contributed by atoms with van der Waals surface area (Å²) < 4.78 is 0. The van der Waals surface area contributed by atoms with Gasteiger partial charge in [0.05, 0.1) is 0 Å². The van der Waals surface area contributed by atoms with Crippen LogP contribution in [0.4, 0.5) is 0 Å². The third kappa shape index (κ3) is 3.79. The molecular weight excluding hydrogens is 313 g/mol. The molecule has 0 aliphatic carbocycles. The van der Waals surface area contributed by atoms with Crippen molar-refractivity contribution in [2.75, 3.05) is 27.2 Å². The van der Waals surface area contributed by atoms with E-state index < -0.39 is 0 Å². The molecule has 0 amide bonds. The first kappa shape index (κ1) is 16.0. The van der Waals surface area contributed by atoms with Crippen LogP contribution in [-0.2, 0) is 0 Å². The number of halogens is 1. The van der Waals surface area contributed by atoms with E-state index in [1.54, 1.807) is 0 Å². The molecule has 0 aromatic heterocycles. The van der Waals surface area contributed by atoms with Gasteiger partial charge in [0.2, 0.25) is 0 Å². The molecule has 0 spiro atoms. The molecule has 1 rings (SSSR count). The molecule has 1 unspecified atom stereocenters. The first-order valence-corrected chi connectivity index (χ1v) is 6.16. The van der Waals surface area contributed by atoms with Gasteiger partial charge < -0.3 is 10.2 Å². The van der Waals surface area contributed by atoms with Gasteiger partial charge in [-0.25, -0.2) is 0 Å². The minimum absolute atomic E-state index is 0. The number of nitrogens with zero attached hydrogens (tertiary/aromatic N) is 2. The number of guanidine groups is 1. The molecule has 0 bridgehead atoms. The zero-order valence-electron chi connectivity index (χ0n) is 11.0. The summed E-state index contributed by atoms with van der Waals surface area (Å²) in [6.07, 6.45) is 3.95. The molecule has 4 heteroatoms. The molecule has 0 aromatic rings. The summed E-state index contributed by atoms with van der Waals surface area (Å²) >= 11 is 0. The fraction of sp³-hybridized carbons (Fsp3) is 0.917. The zero-order valence-corrected chi connectivity index (χ0v) is 13.3. The fourth-order valence-electron chi connectivity index (χ4n) is 2.73. The normalized spacial score (nSPS) is 21.2. The Morgan fingerprint density at radius 2 is 2.06 bits per heavy atom. The van der Waals surface area contributed by atoms with Gasteiger partial charge in [0, 0.05) is 27.2 Å². The van der Waals surface area contributed by atoms with Crippen LogP contribution in [-0.4, -0.2) is 38.0 Å². The van der Waals surface area contributed by atoms with Gasteiger partial charge in [0.1, 0.15) is 0 Å². The van der Waals surface area contributed by atoms with Gasteiger partial charge in [0.25, 0.3) is 0 Å².